The molecule has 4 aromatic rings. The maximum Gasteiger partial charge on any atom is 0.152 e. The smallest absolute Gasteiger partial charge is 0.152 e. The van der Waals surface area contributed by atoms with Crippen LogP contribution in [0.2, 0.25) is 0 Å². The van der Waals surface area contributed by atoms with Crippen LogP contribution in [0, 0.1) is 5.41 Å². The number of hydrogen-bond donors (Lipinski definition) is 0. The van der Waals surface area contributed by atoms with Crippen LogP contribution in [0.5, 0.6) is 0 Å². The average Bonchev–Trinajstić information content (AvgIpc) is 3.08. The summed E-state index contributed by atoms with van der Waals surface area (Å²) in [6.07, 6.45) is 7.62. The van der Waals surface area contributed by atoms with Crippen molar-refractivity contribution < 1.29 is 4.42 Å². The van der Waals surface area contributed by atoms with E-state index in [0.717, 1.165) is 29.5 Å². The molecule has 3 heterocycles. The lowest BCUT2D eigenvalue weighted by molar-refractivity contribution is 0.412. The Morgan fingerprint density at radius 3 is 2.50 bits per heavy atom. The fourth-order valence-electron chi connectivity index (χ4n) is 3.91. The van der Waals surface area contributed by atoms with E-state index >= 15 is 0 Å². The Labute approximate surface area is 166 Å². The Morgan fingerprint density at radius 2 is 1.71 bits per heavy atom. The second kappa shape index (κ2) is 6.73. The predicted molar refractivity (Wildman–Crippen MR) is 116 cm³/mol. The molecule has 0 amide bonds. The summed E-state index contributed by atoms with van der Waals surface area (Å²) in [5.41, 5.74) is 6.79. The molecule has 0 N–H and O–H groups in total. The van der Waals surface area contributed by atoms with Crippen molar-refractivity contribution in [3.8, 4) is 0 Å². The Morgan fingerprint density at radius 1 is 0.893 bits per heavy atom. The van der Waals surface area contributed by atoms with Crippen molar-refractivity contribution in [3.63, 3.8) is 0 Å². The molecule has 3 nitrogen and oxygen atoms in total. The molecule has 0 aliphatic carbocycles. The number of para-hydroxylation sites is 1. The lowest BCUT2D eigenvalue weighted by Crippen LogP contribution is -2.21. The number of hydrogen-bond acceptors (Lipinski definition) is 3. The molecule has 0 fully saturated rings. The first-order valence-electron chi connectivity index (χ1n) is 9.92. The highest BCUT2D eigenvalue weighted by Gasteiger charge is 2.23. The van der Waals surface area contributed by atoms with Gasteiger partial charge in [-0.1, -0.05) is 52.8 Å². The number of rotatable bonds is 4. The van der Waals surface area contributed by atoms with Gasteiger partial charge < -0.3 is 4.42 Å². The molecule has 0 saturated carbocycles. The summed E-state index contributed by atoms with van der Waals surface area (Å²) in [7, 11) is 0. The van der Waals surface area contributed by atoms with Gasteiger partial charge in [-0.2, -0.15) is 0 Å². The van der Waals surface area contributed by atoms with E-state index in [2.05, 4.69) is 69.9 Å². The van der Waals surface area contributed by atoms with Crippen LogP contribution in [0.15, 0.2) is 59.5 Å². The fraction of sp³-hybridized carbons (Fsp3) is 0.360. The molecule has 0 saturated heterocycles. The number of aromatic nitrogens is 2. The molecular weight excluding hydrogens is 344 g/mol. The molecule has 144 valence electrons. The topological polar surface area (TPSA) is 38.9 Å². The van der Waals surface area contributed by atoms with Crippen molar-refractivity contribution >= 4 is 22.0 Å². The van der Waals surface area contributed by atoms with E-state index in [-0.39, 0.29) is 10.8 Å². The van der Waals surface area contributed by atoms with Crippen molar-refractivity contribution in [2.24, 2.45) is 5.41 Å². The van der Waals surface area contributed by atoms with Crippen molar-refractivity contribution in [1.29, 1.82) is 0 Å². The second-order valence-corrected chi connectivity index (χ2v) is 9.66. The highest BCUT2D eigenvalue weighted by Crippen LogP contribution is 2.31. The maximum atomic E-state index is 5.54. The quantitative estimate of drug-likeness (QED) is 0.411. The zero-order chi connectivity index (χ0) is 19.9. The van der Waals surface area contributed by atoms with Crippen LogP contribution in [0.25, 0.3) is 22.0 Å². The van der Waals surface area contributed by atoms with Crippen molar-refractivity contribution in [2.45, 2.75) is 52.9 Å². The molecule has 3 aromatic heterocycles. The second-order valence-electron chi connectivity index (χ2n) is 9.66. The number of pyridine rings is 2. The highest BCUT2D eigenvalue weighted by molar-refractivity contribution is 5.82. The van der Waals surface area contributed by atoms with Crippen molar-refractivity contribution in [3.05, 3.63) is 71.7 Å². The van der Waals surface area contributed by atoms with Crippen LogP contribution in [0.4, 0.5) is 0 Å². The molecule has 3 heteroatoms. The number of nitrogens with zero attached hydrogens (tertiary/aromatic N) is 2. The summed E-state index contributed by atoms with van der Waals surface area (Å²) in [5, 5.41) is 1.22. The highest BCUT2D eigenvalue weighted by atomic mass is 16.3. The third kappa shape index (κ3) is 3.80. The Hall–Kier alpha value is -2.68. The van der Waals surface area contributed by atoms with E-state index in [4.69, 9.17) is 9.40 Å². The molecule has 0 aliphatic rings. The van der Waals surface area contributed by atoms with Gasteiger partial charge in [0.25, 0.3) is 0 Å². The van der Waals surface area contributed by atoms with Gasteiger partial charge >= 0.3 is 0 Å². The molecule has 0 aliphatic heterocycles. The molecule has 28 heavy (non-hydrogen) atoms. The predicted octanol–water partition coefficient (Wildman–Crippen LogP) is 6.48. The lowest BCUT2D eigenvalue weighted by atomic mass is 9.80. The third-order valence-corrected chi connectivity index (χ3v) is 5.30. The summed E-state index contributed by atoms with van der Waals surface area (Å²) >= 11 is 0. The van der Waals surface area contributed by atoms with Crippen LogP contribution < -0.4 is 0 Å². The monoisotopic (exact) mass is 372 g/mol. The van der Waals surface area contributed by atoms with Gasteiger partial charge in [0.1, 0.15) is 5.52 Å². The summed E-state index contributed by atoms with van der Waals surface area (Å²) in [4.78, 5) is 9.39. The van der Waals surface area contributed by atoms with Crippen LogP contribution >= 0.6 is 0 Å². The van der Waals surface area contributed by atoms with E-state index in [1.54, 1.807) is 6.26 Å². The van der Waals surface area contributed by atoms with Gasteiger partial charge in [0, 0.05) is 23.8 Å². The third-order valence-electron chi connectivity index (χ3n) is 5.30. The standard InChI is InChI=1S/C25H28N2O/c1-24(2,3)14-19-8-6-7-18-11-17(15-27-23(18)19)13-25(4,5)20-12-22-21(26-16-20)9-10-28-22/h6-12,15-16H,13-14H2,1-5H3. The number of furan rings is 1. The maximum absolute atomic E-state index is 5.54. The van der Waals surface area contributed by atoms with E-state index in [9.17, 15) is 0 Å². The van der Waals surface area contributed by atoms with Crippen LogP contribution in [-0.4, -0.2) is 9.97 Å². The fourth-order valence-corrected chi connectivity index (χ4v) is 3.91. The zero-order valence-corrected chi connectivity index (χ0v) is 17.4. The minimum atomic E-state index is -0.0631. The van der Waals surface area contributed by atoms with Gasteiger partial charge in [-0.05, 0) is 52.5 Å². The first-order valence-corrected chi connectivity index (χ1v) is 9.92. The largest absolute Gasteiger partial charge is 0.463 e. The normalized spacial score (nSPS) is 12.8. The molecule has 0 unspecified atom stereocenters. The molecule has 0 atom stereocenters. The van der Waals surface area contributed by atoms with Crippen LogP contribution in [0.3, 0.4) is 0 Å². The summed E-state index contributed by atoms with van der Waals surface area (Å²) in [6.45, 7) is 11.3. The molecule has 0 spiro atoms. The lowest BCUT2D eigenvalue weighted by Gasteiger charge is -2.25. The zero-order valence-electron chi connectivity index (χ0n) is 17.4. The number of benzene rings is 1. The van der Waals surface area contributed by atoms with E-state index in [1.165, 1.54) is 22.1 Å². The molecule has 0 radical (unpaired) electrons. The minimum Gasteiger partial charge on any atom is -0.463 e. The summed E-state index contributed by atoms with van der Waals surface area (Å²) in [6, 6.07) is 12.8. The van der Waals surface area contributed by atoms with Crippen molar-refractivity contribution in [1.82, 2.24) is 9.97 Å². The molecule has 4 rings (SSSR count). The van der Waals surface area contributed by atoms with Crippen LogP contribution in [0.1, 0.15) is 51.3 Å². The van der Waals surface area contributed by atoms with Gasteiger partial charge in [0.05, 0.1) is 11.8 Å². The van der Waals surface area contributed by atoms with E-state index in [1.807, 2.05) is 18.5 Å². The first kappa shape index (κ1) is 18.7. The molecule has 1 aromatic carbocycles. The summed E-state index contributed by atoms with van der Waals surface area (Å²) in [5.74, 6) is 0. The van der Waals surface area contributed by atoms with E-state index < -0.39 is 0 Å². The average molecular weight is 373 g/mol. The van der Waals surface area contributed by atoms with Gasteiger partial charge in [0.15, 0.2) is 5.58 Å². The first-order chi connectivity index (χ1) is 13.2. The Balaban J connectivity index is 1.65. The Bertz CT molecular complexity index is 1130. The van der Waals surface area contributed by atoms with Crippen molar-refractivity contribution in [2.75, 3.05) is 0 Å². The minimum absolute atomic E-state index is 0.0631. The molecular formula is C25H28N2O. The van der Waals surface area contributed by atoms with Gasteiger partial charge in [0.2, 0.25) is 0 Å². The van der Waals surface area contributed by atoms with Gasteiger partial charge in [-0.25, -0.2) is 0 Å². The van der Waals surface area contributed by atoms with Gasteiger partial charge in [-0.15, -0.1) is 0 Å². The number of fused-ring (bicyclic) bond motifs is 2. The molecule has 0 bridgehead atoms. The van der Waals surface area contributed by atoms with Crippen LogP contribution in [-0.2, 0) is 18.3 Å². The Kier molecular flexibility index (Phi) is 4.49. The SMILES string of the molecule is CC(C)(C)Cc1cccc2cc(CC(C)(C)c3cnc4ccoc4c3)cnc12. The van der Waals surface area contributed by atoms with E-state index in [0.29, 0.717) is 0 Å². The summed E-state index contributed by atoms with van der Waals surface area (Å²) < 4.78 is 5.54. The van der Waals surface area contributed by atoms with Gasteiger partial charge in [-0.3, -0.25) is 9.97 Å².